The van der Waals surface area contributed by atoms with Crippen molar-refractivity contribution in [3.8, 4) is 0 Å². The average molecular weight is 345 g/mol. The van der Waals surface area contributed by atoms with Crippen LogP contribution in [0.15, 0.2) is 78.9 Å². The number of hydrogen-bond donors (Lipinski definition) is 2. The van der Waals surface area contributed by atoms with Crippen molar-refractivity contribution in [2.24, 2.45) is 0 Å². The topological polar surface area (TPSA) is 66.4 Å². The Morgan fingerprint density at radius 1 is 0.923 bits per heavy atom. The van der Waals surface area contributed by atoms with Gasteiger partial charge in [-0.15, -0.1) is 0 Å². The Hall–Kier alpha value is -3.40. The van der Waals surface area contributed by atoms with E-state index in [1.54, 1.807) is 6.08 Å². The zero-order chi connectivity index (χ0) is 18.4. The molecular formula is C22H19NO3. The summed E-state index contributed by atoms with van der Waals surface area (Å²) in [5.41, 5.74) is 1.74. The highest BCUT2D eigenvalue weighted by Gasteiger charge is 2.19. The van der Waals surface area contributed by atoms with Gasteiger partial charge in [0, 0.05) is 12.5 Å². The van der Waals surface area contributed by atoms with Gasteiger partial charge in [-0.2, -0.15) is 0 Å². The highest BCUT2D eigenvalue weighted by molar-refractivity contribution is 5.95. The summed E-state index contributed by atoms with van der Waals surface area (Å²) in [7, 11) is 0. The zero-order valence-corrected chi connectivity index (χ0v) is 14.1. The zero-order valence-electron chi connectivity index (χ0n) is 14.1. The number of carboxylic acids is 1. The second kappa shape index (κ2) is 8.12. The molecule has 3 aromatic carbocycles. The van der Waals surface area contributed by atoms with Crippen molar-refractivity contribution in [2.45, 2.75) is 12.5 Å². The van der Waals surface area contributed by atoms with Crippen LogP contribution >= 0.6 is 0 Å². The van der Waals surface area contributed by atoms with Gasteiger partial charge >= 0.3 is 5.97 Å². The van der Waals surface area contributed by atoms with Gasteiger partial charge in [0.2, 0.25) is 5.91 Å². The summed E-state index contributed by atoms with van der Waals surface area (Å²) in [6, 6.07) is 22.1. The number of benzene rings is 3. The smallest absolute Gasteiger partial charge is 0.326 e. The molecule has 1 atom stereocenters. The molecule has 0 aliphatic heterocycles. The van der Waals surface area contributed by atoms with Gasteiger partial charge in [-0.25, -0.2) is 4.79 Å². The van der Waals surface area contributed by atoms with Crippen LogP contribution in [0.3, 0.4) is 0 Å². The lowest BCUT2D eigenvalue weighted by Gasteiger charge is -2.13. The summed E-state index contributed by atoms with van der Waals surface area (Å²) in [5, 5.41) is 14.1. The van der Waals surface area contributed by atoms with Gasteiger partial charge < -0.3 is 10.4 Å². The van der Waals surface area contributed by atoms with E-state index in [4.69, 9.17) is 0 Å². The standard InChI is InChI=1S/C22H19NO3/c24-21(23-20(22(25)26)15-16-6-2-1-3-7-16)13-11-17-10-12-18-8-4-5-9-19(18)14-17/h1-14,20H,15H2,(H,23,24)(H,25,26)/t20-/m0/s1. The van der Waals surface area contributed by atoms with E-state index in [2.05, 4.69) is 5.32 Å². The van der Waals surface area contributed by atoms with E-state index in [-0.39, 0.29) is 6.42 Å². The van der Waals surface area contributed by atoms with E-state index in [0.29, 0.717) is 0 Å². The van der Waals surface area contributed by atoms with Crippen LogP contribution < -0.4 is 5.32 Å². The maximum atomic E-state index is 12.1. The molecule has 0 aliphatic carbocycles. The monoisotopic (exact) mass is 345 g/mol. The molecule has 0 heterocycles. The van der Waals surface area contributed by atoms with Crippen LogP contribution in [0.2, 0.25) is 0 Å². The Kier molecular flexibility index (Phi) is 5.44. The molecule has 0 aromatic heterocycles. The van der Waals surface area contributed by atoms with Crippen LogP contribution in [0.1, 0.15) is 11.1 Å². The van der Waals surface area contributed by atoms with Gasteiger partial charge in [0.1, 0.15) is 6.04 Å². The van der Waals surface area contributed by atoms with Crippen LogP contribution in [0.5, 0.6) is 0 Å². The summed E-state index contributed by atoms with van der Waals surface area (Å²) in [6.45, 7) is 0. The number of carbonyl (C=O) groups is 2. The lowest BCUT2D eigenvalue weighted by Crippen LogP contribution is -2.41. The summed E-state index contributed by atoms with van der Waals surface area (Å²) in [5.74, 6) is -1.48. The highest BCUT2D eigenvalue weighted by atomic mass is 16.4. The molecule has 26 heavy (non-hydrogen) atoms. The first-order chi connectivity index (χ1) is 12.6. The van der Waals surface area contributed by atoms with Gasteiger partial charge in [-0.3, -0.25) is 4.79 Å². The Morgan fingerprint density at radius 3 is 2.35 bits per heavy atom. The van der Waals surface area contributed by atoms with Crippen molar-refractivity contribution in [1.29, 1.82) is 0 Å². The first-order valence-corrected chi connectivity index (χ1v) is 8.36. The number of rotatable bonds is 6. The van der Waals surface area contributed by atoms with Crippen LogP contribution in [-0.4, -0.2) is 23.0 Å². The van der Waals surface area contributed by atoms with E-state index in [9.17, 15) is 14.7 Å². The number of carbonyl (C=O) groups excluding carboxylic acids is 1. The molecule has 3 rings (SSSR count). The van der Waals surface area contributed by atoms with Crippen molar-refractivity contribution < 1.29 is 14.7 Å². The molecule has 1 amide bonds. The van der Waals surface area contributed by atoms with E-state index < -0.39 is 17.9 Å². The molecule has 0 unspecified atom stereocenters. The predicted molar refractivity (Wildman–Crippen MR) is 103 cm³/mol. The van der Waals surface area contributed by atoms with E-state index in [1.807, 2.05) is 72.8 Å². The number of carboxylic acid groups (broad SMARTS) is 1. The summed E-state index contributed by atoms with van der Waals surface area (Å²) in [6.07, 6.45) is 3.29. The lowest BCUT2D eigenvalue weighted by molar-refractivity contribution is -0.141. The molecule has 0 aliphatic rings. The molecule has 2 N–H and O–H groups in total. The molecule has 0 fully saturated rings. The summed E-state index contributed by atoms with van der Waals surface area (Å²) >= 11 is 0. The molecule has 4 nitrogen and oxygen atoms in total. The Labute approximate surface area is 151 Å². The fourth-order valence-electron chi connectivity index (χ4n) is 2.75. The Morgan fingerprint density at radius 2 is 1.62 bits per heavy atom. The normalized spacial score (nSPS) is 12.2. The Balaban J connectivity index is 1.67. The van der Waals surface area contributed by atoms with Gasteiger partial charge in [0.25, 0.3) is 0 Å². The SMILES string of the molecule is O=C(C=Cc1ccc2ccccc2c1)N[C@@H](Cc1ccccc1)C(=O)O. The van der Waals surface area contributed by atoms with Crippen molar-refractivity contribution in [1.82, 2.24) is 5.32 Å². The minimum absolute atomic E-state index is 0.242. The first kappa shape index (κ1) is 17.4. The Bertz CT molecular complexity index is 948. The first-order valence-electron chi connectivity index (χ1n) is 8.36. The minimum atomic E-state index is -1.05. The quantitative estimate of drug-likeness (QED) is 0.670. The molecule has 0 saturated heterocycles. The van der Waals surface area contributed by atoms with Gasteiger partial charge in [0.15, 0.2) is 0 Å². The van der Waals surface area contributed by atoms with Crippen LogP contribution in [0, 0.1) is 0 Å². The van der Waals surface area contributed by atoms with Crippen LogP contribution in [0.4, 0.5) is 0 Å². The molecule has 3 aromatic rings. The third-order valence-electron chi connectivity index (χ3n) is 4.10. The molecule has 0 saturated carbocycles. The molecule has 0 radical (unpaired) electrons. The van der Waals surface area contributed by atoms with Gasteiger partial charge in [-0.05, 0) is 34.0 Å². The number of amides is 1. The largest absolute Gasteiger partial charge is 0.480 e. The highest BCUT2D eigenvalue weighted by Crippen LogP contribution is 2.16. The van der Waals surface area contributed by atoms with Gasteiger partial charge in [-0.1, -0.05) is 66.7 Å². The second-order valence-electron chi connectivity index (χ2n) is 6.03. The average Bonchev–Trinajstić information content (AvgIpc) is 2.66. The van der Waals surface area contributed by atoms with Crippen molar-refractivity contribution in [2.75, 3.05) is 0 Å². The fraction of sp³-hybridized carbons (Fsp3) is 0.0909. The number of hydrogen-bond acceptors (Lipinski definition) is 2. The van der Waals surface area contributed by atoms with Crippen LogP contribution in [-0.2, 0) is 16.0 Å². The third-order valence-corrected chi connectivity index (χ3v) is 4.10. The molecule has 130 valence electrons. The van der Waals surface area contributed by atoms with Gasteiger partial charge in [0.05, 0.1) is 0 Å². The second-order valence-corrected chi connectivity index (χ2v) is 6.03. The number of nitrogens with one attached hydrogen (secondary N) is 1. The fourth-order valence-corrected chi connectivity index (χ4v) is 2.75. The van der Waals surface area contributed by atoms with E-state index in [1.165, 1.54) is 6.08 Å². The molecule has 0 bridgehead atoms. The van der Waals surface area contributed by atoms with Crippen LogP contribution in [0.25, 0.3) is 16.8 Å². The third kappa shape index (κ3) is 4.57. The molecule has 0 spiro atoms. The number of fused-ring (bicyclic) bond motifs is 1. The number of aliphatic carboxylic acids is 1. The molecular weight excluding hydrogens is 326 g/mol. The predicted octanol–water partition coefficient (Wildman–Crippen LogP) is 3.67. The minimum Gasteiger partial charge on any atom is -0.480 e. The lowest BCUT2D eigenvalue weighted by atomic mass is 10.1. The van der Waals surface area contributed by atoms with Crippen molar-refractivity contribution >= 4 is 28.7 Å². The van der Waals surface area contributed by atoms with E-state index >= 15 is 0 Å². The maximum absolute atomic E-state index is 12.1. The van der Waals surface area contributed by atoms with Crippen molar-refractivity contribution in [3.05, 3.63) is 90.0 Å². The summed E-state index contributed by atoms with van der Waals surface area (Å²) in [4.78, 5) is 23.5. The maximum Gasteiger partial charge on any atom is 0.326 e. The van der Waals surface area contributed by atoms with E-state index in [0.717, 1.165) is 21.9 Å². The van der Waals surface area contributed by atoms with Crippen molar-refractivity contribution in [3.63, 3.8) is 0 Å². The molecule has 4 heteroatoms. The summed E-state index contributed by atoms with van der Waals surface area (Å²) < 4.78 is 0.